The number of halogens is 1. The number of amides is 2. The summed E-state index contributed by atoms with van der Waals surface area (Å²) in [5.41, 5.74) is 2.49. The third-order valence-corrected chi connectivity index (χ3v) is 6.21. The number of rotatable bonds is 6. The first-order chi connectivity index (χ1) is 15.1. The topological polar surface area (TPSA) is 104 Å². The molecule has 3 aromatic rings. The molecule has 32 heavy (non-hydrogen) atoms. The van der Waals surface area contributed by atoms with Gasteiger partial charge in [0.15, 0.2) is 0 Å². The molecule has 0 saturated carbocycles. The summed E-state index contributed by atoms with van der Waals surface area (Å²) >= 11 is 0. The molecule has 0 fully saturated rings. The van der Waals surface area contributed by atoms with E-state index >= 15 is 0 Å². The van der Waals surface area contributed by atoms with E-state index in [1.807, 2.05) is 0 Å². The van der Waals surface area contributed by atoms with Gasteiger partial charge in [-0.3, -0.25) is 14.3 Å². The molecular formula is C23H22FN3O4S. The molecule has 0 heterocycles. The van der Waals surface area contributed by atoms with Gasteiger partial charge in [0.25, 0.3) is 21.8 Å². The monoisotopic (exact) mass is 455 g/mol. The van der Waals surface area contributed by atoms with Gasteiger partial charge in [-0.15, -0.1) is 0 Å². The highest BCUT2D eigenvalue weighted by Gasteiger charge is 2.19. The molecular weight excluding hydrogens is 433 g/mol. The minimum atomic E-state index is -4.01. The summed E-state index contributed by atoms with van der Waals surface area (Å²) in [6.07, 6.45) is 0. The van der Waals surface area contributed by atoms with Gasteiger partial charge in [-0.25, -0.2) is 12.8 Å². The smallest absolute Gasteiger partial charge is 0.261 e. The van der Waals surface area contributed by atoms with E-state index in [9.17, 15) is 22.4 Å². The van der Waals surface area contributed by atoms with Crippen LogP contribution in [-0.4, -0.2) is 27.3 Å². The lowest BCUT2D eigenvalue weighted by Gasteiger charge is -2.13. The Balaban J connectivity index is 1.89. The van der Waals surface area contributed by atoms with E-state index in [2.05, 4.69) is 15.4 Å². The Bertz CT molecular complexity index is 1290. The lowest BCUT2D eigenvalue weighted by Crippen LogP contribution is -2.19. The van der Waals surface area contributed by atoms with Crippen LogP contribution in [0.3, 0.4) is 0 Å². The first-order valence-corrected chi connectivity index (χ1v) is 11.1. The van der Waals surface area contributed by atoms with Crippen molar-refractivity contribution in [2.24, 2.45) is 0 Å². The summed E-state index contributed by atoms with van der Waals surface area (Å²) in [6.45, 7) is 3.47. The first-order valence-electron chi connectivity index (χ1n) is 9.64. The Kier molecular flexibility index (Phi) is 6.59. The standard InChI is InChI=1S/C23H22FN3O4S/c1-14-5-11-19(32(30,31)27-18-9-7-17(24)8-10-18)13-20(14)23(29)26-21-12-16(22(28)25-3)6-4-15(21)2/h4-13,27H,1-3H3,(H,25,28)(H,26,29). The van der Waals surface area contributed by atoms with Crippen molar-refractivity contribution in [1.82, 2.24) is 5.32 Å². The highest BCUT2D eigenvalue weighted by atomic mass is 32.2. The second-order valence-electron chi connectivity index (χ2n) is 7.15. The fraction of sp³-hybridized carbons (Fsp3) is 0.130. The predicted octanol–water partition coefficient (Wildman–Crippen LogP) is 3.86. The molecule has 0 aliphatic rings. The lowest BCUT2D eigenvalue weighted by atomic mass is 10.1. The van der Waals surface area contributed by atoms with Crippen molar-refractivity contribution < 1.29 is 22.4 Å². The number of carbonyl (C=O) groups excluding carboxylic acids is 2. The van der Waals surface area contributed by atoms with Crippen LogP contribution in [-0.2, 0) is 10.0 Å². The van der Waals surface area contributed by atoms with Crippen molar-refractivity contribution in [2.75, 3.05) is 17.1 Å². The average Bonchev–Trinajstić information content (AvgIpc) is 2.76. The SMILES string of the molecule is CNC(=O)c1ccc(C)c(NC(=O)c2cc(S(=O)(=O)Nc3ccc(F)cc3)ccc2C)c1. The van der Waals surface area contributed by atoms with Crippen LogP contribution < -0.4 is 15.4 Å². The quantitative estimate of drug-likeness (QED) is 0.525. The molecule has 7 nitrogen and oxygen atoms in total. The fourth-order valence-corrected chi connectivity index (χ4v) is 4.06. The number of sulfonamides is 1. The van der Waals surface area contributed by atoms with E-state index in [-0.39, 0.29) is 22.1 Å². The number of anilines is 2. The zero-order valence-electron chi connectivity index (χ0n) is 17.7. The molecule has 0 aliphatic carbocycles. The molecule has 166 valence electrons. The van der Waals surface area contributed by atoms with Crippen LogP contribution in [0, 0.1) is 19.7 Å². The molecule has 0 atom stereocenters. The van der Waals surface area contributed by atoms with Gasteiger partial charge >= 0.3 is 0 Å². The molecule has 0 aromatic heterocycles. The summed E-state index contributed by atoms with van der Waals surface area (Å²) < 4.78 is 41.0. The zero-order valence-corrected chi connectivity index (χ0v) is 18.5. The molecule has 9 heteroatoms. The molecule has 0 aliphatic heterocycles. The molecule has 3 N–H and O–H groups in total. The molecule has 3 rings (SSSR count). The number of nitrogens with one attached hydrogen (secondary N) is 3. The highest BCUT2D eigenvalue weighted by molar-refractivity contribution is 7.92. The van der Waals surface area contributed by atoms with Gasteiger partial charge in [0.05, 0.1) is 4.90 Å². The van der Waals surface area contributed by atoms with Crippen LogP contribution in [0.1, 0.15) is 31.8 Å². The molecule has 0 bridgehead atoms. The largest absolute Gasteiger partial charge is 0.355 e. The zero-order chi connectivity index (χ0) is 23.5. The van der Waals surface area contributed by atoms with Crippen molar-refractivity contribution in [3.8, 4) is 0 Å². The maximum absolute atomic E-state index is 13.1. The minimum Gasteiger partial charge on any atom is -0.355 e. The Morgan fingerprint density at radius 2 is 1.50 bits per heavy atom. The third-order valence-electron chi connectivity index (χ3n) is 4.84. The molecule has 0 spiro atoms. The molecule has 2 amide bonds. The van der Waals surface area contributed by atoms with Crippen LogP contribution in [0.25, 0.3) is 0 Å². The molecule has 0 saturated heterocycles. The van der Waals surface area contributed by atoms with Crippen molar-refractivity contribution in [3.63, 3.8) is 0 Å². The third kappa shape index (κ3) is 5.12. The van der Waals surface area contributed by atoms with E-state index in [1.54, 1.807) is 32.0 Å². The second-order valence-corrected chi connectivity index (χ2v) is 8.83. The van der Waals surface area contributed by atoms with Crippen LogP contribution in [0.2, 0.25) is 0 Å². The normalized spacial score (nSPS) is 11.0. The van der Waals surface area contributed by atoms with Gasteiger partial charge in [-0.05, 0) is 73.5 Å². The summed E-state index contributed by atoms with van der Waals surface area (Å²) in [5, 5.41) is 5.27. The maximum atomic E-state index is 13.1. The summed E-state index contributed by atoms with van der Waals surface area (Å²) in [7, 11) is -2.50. The van der Waals surface area contributed by atoms with E-state index < -0.39 is 21.7 Å². The van der Waals surface area contributed by atoms with Gasteiger partial charge < -0.3 is 10.6 Å². The van der Waals surface area contributed by atoms with Gasteiger partial charge in [0.1, 0.15) is 5.82 Å². The lowest BCUT2D eigenvalue weighted by molar-refractivity contribution is 0.0961. The van der Waals surface area contributed by atoms with Crippen molar-refractivity contribution in [1.29, 1.82) is 0 Å². The van der Waals surface area contributed by atoms with E-state index in [0.717, 1.165) is 17.7 Å². The van der Waals surface area contributed by atoms with Crippen LogP contribution in [0.15, 0.2) is 65.6 Å². The van der Waals surface area contributed by atoms with Gasteiger partial charge in [0.2, 0.25) is 0 Å². The number of hydrogen-bond donors (Lipinski definition) is 3. The Morgan fingerprint density at radius 3 is 2.16 bits per heavy atom. The Labute approximate surface area is 185 Å². The number of aryl methyl sites for hydroxylation is 2. The maximum Gasteiger partial charge on any atom is 0.261 e. The van der Waals surface area contributed by atoms with E-state index in [0.29, 0.717) is 16.8 Å². The first kappa shape index (κ1) is 23.0. The summed E-state index contributed by atoms with van der Waals surface area (Å²) in [5.74, 6) is -1.30. The van der Waals surface area contributed by atoms with E-state index in [4.69, 9.17) is 0 Å². The minimum absolute atomic E-state index is 0.117. The summed E-state index contributed by atoms with van der Waals surface area (Å²) in [6, 6.07) is 14.0. The number of carbonyl (C=O) groups is 2. The molecule has 3 aromatic carbocycles. The van der Waals surface area contributed by atoms with Crippen molar-refractivity contribution in [3.05, 3.63) is 88.7 Å². The Morgan fingerprint density at radius 1 is 0.844 bits per heavy atom. The highest BCUT2D eigenvalue weighted by Crippen LogP contribution is 2.22. The molecule has 0 unspecified atom stereocenters. The average molecular weight is 456 g/mol. The van der Waals surface area contributed by atoms with Crippen LogP contribution in [0.4, 0.5) is 15.8 Å². The number of benzene rings is 3. The Hall–Kier alpha value is -3.72. The van der Waals surface area contributed by atoms with Crippen LogP contribution >= 0.6 is 0 Å². The number of hydrogen-bond acceptors (Lipinski definition) is 4. The van der Waals surface area contributed by atoms with Crippen molar-refractivity contribution in [2.45, 2.75) is 18.7 Å². The van der Waals surface area contributed by atoms with E-state index in [1.165, 1.54) is 37.4 Å². The van der Waals surface area contributed by atoms with Gasteiger partial charge in [-0.2, -0.15) is 0 Å². The fourth-order valence-electron chi connectivity index (χ4n) is 2.98. The predicted molar refractivity (Wildman–Crippen MR) is 121 cm³/mol. The van der Waals surface area contributed by atoms with Crippen LogP contribution in [0.5, 0.6) is 0 Å². The van der Waals surface area contributed by atoms with Gasteiger partial charge in [-0.1, -0.05) is 12.1 Å². The second kappa shape index (κ2) is 9.19. The van der Waals surface area contributed by atoms with Gasteiger partial charge in [0, 0.05) is 29.5 Å². The van der Waals surface area contributed by atoms with Crippen molar-refractivity contribution >= 4 is 33.2 Å². The molecule has 0 radical (unpaired) electrons. The summed E-state index contributed by atoms with van der Waals surface area (Å²) in [4.78, 5) is 24.7.